The summed E-state index contributed by atoms with van der Waals surface area (Å²) < 4.78 is 15.6. The molecule has 0 bridgehead atoms. The van der Waals surface area contributed by atoms with Crippen LogP contribution < -0.4 is 0 Å². The molecule has 0 aliphatic carbocycles. The van der Waals surface area contributed by atoms with Gasteiger partial charge in [-0.2, -0.15) is 4.39 Å². The average molecular weight is 282 g/mol. The van der Waals surface area contributed by atoms with E-state index < -0.39 is 16.4 Å². The molecule has 2 aromatic rings. The third-order valence-corrected chi connectivity index (χ3v) is 3.73. The maximum atomic E-state index is 13.8. The molecule has 1 heterocycles. The Morgan fingerprint density at radius 3 is 2.79 bits per heavy atom. The number of hydrogen-bond acceptors (Lipinski definition) is 5. The number of thioether (sulfide) groups is 1. The van der Waals surface area contributed by atoms with E-state index in [1.54, 1.807) is 4.57 Å². The van der Waals surface area contributed by atoms with Crippen LogP contribution in [-0.4, -0.2) is 19.7 Å². The van der Waals surface area contributed by atoms with Gasteiger partial charge in [0.2, 0.25) is 5.82 Å². The van der Waals surface area contributed by atoms with Crippen LogP contribution >= 0.6 is 11.8 Å². The van der Waals surface area contributed by atoms with E-state index >= 15 is 0 Å². The zero-order valence-electron chi connectivity index (χ0n) is 10.3. The molecule has 1 aromatic carbocycles. The predicted molar refractivity (Wildman–Crippen MR) is 68.4 cm³/mol. The molecule has 0 aliphatic rings. The highest BCUT2D eigenvalue weighted by molar-refractivity contribution is 7.98. The molecule has 6 nitrogen and oxygen atoms in total. The Kier molecular flexibility index (Phi) is 3.79. The third-order valence-electron chi connectivity index (χ3n) is 2.66. The summed E-state index contributed by atoms with van der Waals surface area (Å²) in [6.07, 6.45) is 0. The molecule has 1 aromatic heterocycles. The van der Waals surface area contributed by atoms with Gasteiger partial charge in [-0.05, 0) is 6.92 Å². The zero-order chi connectivity index (χ0) is 14.0. The lowest BCUT2D eigenvalue weighted by molar-refractivity contribution is -0.387. The lowest BCUT2D eigenvalue weighted by Gasteiger charge is -2.03. The summed E-state index contributed by atoms with van der Waals surface area (Å²) >= 11 is 1.28. The van der Waals surface area contributed by atoms with Crippen LogP contribution in [0.25, 0.3) is 0 Å². The number of halogens is 1. The Labute approximate surface area is 112 Å². The molecular formula is C11H11FN4O2S. The van der Waals surface area contributed by atoms with E-state index in [0.29, 0.717) is 5.16 Å². The Balaban J connectivity index is 2.18. The van der Waals surface area contributed by atoms with E-state index in [-0.39, 0.29) is 11.3 Å². The fraction of sp³-hybridized carbons (Fsp3) is 0.273. The van der Waals surface area contributed by atoms with Crippen LogP contribution in [0.2, 0.25) is 0 Å². The van der Waals surface area contributed by atoms with Gasteiger partial charge in [0.15, 0.2) is 5.16 Å². The van der Waals surface area contributed by atoms with Crippen LogP contribution in [0.1, 0.15) is 11.4 Å². The summed E-state index contributed by atoms with van der Waals surface area (Å²) in [6.45, 7) is 1.81. The Morgan fingerprint density at radius 1 is 1.47 bits per heavy atom. The van der Waals surface area contributed by atoms with Crippen LogP contribution in [0.5, 0.6) is 0 Å². The average Bonchev–Trinajstić information content (AvgIpc) is 2.68. The van der Waals surface area contributed by atoms with E-state index in [0.717, 1.165) is 11.9 Å². The summed E-state index contributed by atoms with van der Waals surface area (Å²) in [5, 5.41) is 19.1. The van der Waals surface area contributed by atoms with Gasteiger partial charge in [-0.25, -0.2) is 0 Å². The lowest BCUT2D eigenvalue weighted by atomic mass is 10.2. The van der Waals surface area contributed by atoms with Crippen LogP contribution in [0.4, 0.5) is 10.1 Å². The summed E-state index contributed by atoms with van der Waals surface area (Å²) in [6, 6.07) is 4.15. The second-order valence-corrected chi connectivity index (χ2v) is 4.83. The van der Waals surface area contributed by atoms with E-state index in [1.165, 1.54) is 23.9 Å². The van der Waals surface area contributed by atoms with E-state index in [2.05, 4.69) is 10.2 Å². The minimum Gasteiger partial charge on any atom is -0.309 e. The van der Waals surface area contributed by atoms with Gasteiger partial charge in [0.05, 0.1) is 4.92 Å². The fourth-order valence-corrected chi connectivity index (χ4v) is 2.41. The topological polar surface area (TPSA) is 73.8 Å². The molecule has 19 heavy (non-hydrogen) atoms. The first-order valence-electron chi connectivity index (χ1n) is 5.41. The molecule has 0 unspecified atom stereocenters. The van der Waals surface area contributed by atoms with Gasteiger partial charge in [-0.15, -0.1) is 10.2 Å². The number of nitrogens with zero attached hydrogens (tertiary/aromatic N) is 4. The van der Waals surface area contributed by atoms with Gasteiger partial charge in [-0.3, -0.25) is 10.1 Å². The highest BCUT2D eigenvalue weighted by Crippen LogP contribution is 2.26. The third kappa shape index (κ3) is 2.73. The monoisotopic (exact) mass is 282 g/mol. The molecule has 0 N–H and O–H groups in total. The van der Waals surface area contributed by atoms with Crippen molar-refractivity contribution in [1.82, 2.24) is 14.8 Å². The normalized spacial score (nSPS) is 10.7. The summed E-state index contributed by atoms with van der Waals surface area (Å²) in [7, 11) is 1.81. The maximum absolute atomic E-state index is 13.8. The predicted octanol–water partition coefficient (Wildman–Crippen LogP) is 2.46. The Bertz CT molecular complexity index is 629. The number of aromatic nitrogens is 3. The molecule has 0 aliphatic heterocycles. The quantitative estimate of drug-likeness (QED) is 0.489. The minimum atomic E-state index is -0.793. The maximum Gasteiger partial charge on any atom is 0.305 e. The van der Waals surface area contributed by atoms with Gasteiger partial charge in [0.1, 0.15) is 5.82 Å². The number of nitro benzene ring substituents is 1. The molecular weight excluding hydrogens is 271 g/mol. The molecule has 0 radical (unpaired) electrons. The Hall–Kier alpha value is -1.96. The number of benzene rings is 1. The van der Waals surface area contributed by atoms with Crippen molar-refractivity contribution in [3.8, 4) is 0 Å². The molecule has 0 fully saturated rings. The van der Waals surface area contributed by atoms with E-state index in [9.17, 15) is 14.5 Å². The van der Waals surface area contributed by atoms with Crippen molar-refractivity contribution in [2.45, 2.75) is 17.8 Å². The van der Waals surface area contributed by atoms with Crippen LogP contribution in [0.15, 0.2) is 23.4 Å². The smallest absolute Gasteiger partial charge is 0.305 e. The van der Waals surface area contributed by atoms with Crippen LogP contribution in [0.3, 0.4) is 0 Å². The first kappa shape index (κ1) is 13.5. The number of rotatable bonds is 4. The lowest BCUT2D eigenvalue weighted by Crippen LogP contribution is -1.98. The van der Waals surface area contributed by atoms with E-state index in [1.807, 2.05) is 14.0 Å². The summed E-state index contributed by atoms with van der Waals surface area (Å²) in [5.41, 5.74) is -0.230. The molecule has 0 atom stereocenters. The van der Waals surface area contributed by atoms with Gasteiger partial charge in [0.25, 0.3) is 0 Å². The standard InChI is InChI=1S/C11H11FN4O2S/c1-7-13-14-11(15(7)2)19-6-8-4-3-5-9(10(8)12)16(17)18/h3-5H,6H2,1-2H3. The van der Waals surface area contributed by atoms with Crippen LogP contribution in [0, 0.1) is 22.9 Å². The number of nitro groups is 1. The van der Waals surface area contributed by atoms with Crippen molar-refractivity contribution in [2.75, 3.05) is 0 Å². The van der Waals surface area contributed by atoms with Crippen molar-refractivity contribution in [1.29, 1.82) is 0 Å². The van der Waals surface area contributed by atoms with Crippen molar-refractivity contribution in [3.05, 3.63) is 45.5 Å². The second-order valence-electron chi connectivity index (χ2n) is 3.88. The SMILES string of the molecule is Cc1nnc(SCc2cccc([N+](=O)[O-])c2F)n1C. The fourth-order valence-electron chi connectivity index (χ4n) is 1.47. The summed E-state index contributed by atoms with van der Waals surface area (Å²) in [5.74, 6) is 0.223. The van der Waals surface area contributed by atoms with Crippen molar-refractivity contribution in [2.24, 2.45) is 7.05 Å². The molecule has 100 valence electrons. The Morgan fingerprint density at radius 2 is 2.21 bits per heavy atom. The number of aryl methyl sites for hydroxylation is 1. The highest BCUT2D eigenvalue weighted by Gasteiger charge is 2.17. The molecule has 8 heteroatoms. The van der Waals surface area contributed by atoms with Gasteiger partial charge < -0.3 is 4.57 Å². The van der Waals surface area contributed by atoms with E-state index in [4.69, 9.17) is 0 Å². The van der Waals surface area contributed by atoms with Crippen molar-refractivity contribution in [3.63, 3.8) is 0 Å². The first-order valence-corrected chi connectivity index (χ1v) is 6.40. The second kappa shape index (κ2) is 5.35. The van der Waals surface area contributed by atoms with Gasteiger partial charge >= 0.3 is 5.69 Å². The summed E-state index contributed by atoms with van der Waals surface area (Å²) in [4.78, 5) is 9.91. The zero-order valence-corrected chi connectivity index (χ0v) is 11.1. The molecule has 0 spiro atoms. The molecule has 0 saturated heterocycles. The molecule has 0 amide bonds. The van der Waals surface area contributed by atoms with Crippen molar-refractivity contribution >= 4 is 17.4 Å². The minimum absolute atomic E-state index is 0.263. The first-order chi connectivity index (χ1) is 9.00. The molecule has 2 rings (SSSR count). The van der Waals surface area contributed by atoms with Gasteiger partial charge in [0, 0.05) is 24.4 Å². The number of hydrogen-bond donors (Lipinski definition) is 0. The van der Waals surface area contributed by atoms with Crippen molar-refractivity contribution < 1.29 is 9.31 Å². The van der Waals surface area contributed by atoms with Crippen LogP contribution in [-0.2, 0) is 12.8 Å². The molecule has 0 saturated carbocycles. The largest absolute Gasteiger partial charge is 0.309 e. The van der Waals surface area contributed by atoms with Gasteiger partial charge in [-0.1, -0.05) is 23.9 Å². The highest BCUT2D eigenvalue weighted by atomic mass is 32.2.